The summed E-state index contributed by atoms with van der Waals surface area (Å²) in [4.78, 5) is 35.5. The minimum Gasteiger partial charge on any atom is -0.480 e. The number of amides is 1. The first-order valence-corrected chi connectivity index (χ1v) is 5.83. The van der Waals surface area contributed by atoms with Crippen LogP contribution in [-0.4, -0.2) is 32.4 Å². The molecule has 1 aromatic heterocycles. The number of nitrogens with one attached hydrogen (secondary N) is 2. The first kappa shape index (κ1) is 13.1. The van der Waals surface area contributed by atoms with Crippen molar-refractivity contribution in [2.45, 2.75) is 31.2 Å². The Morgan fingerprint density at radius 3 is 2.53 bits per heavy atom. The van der Waals surface area contributed by atoms with Crippen LogP contribution >= 0.6 is 0 Å². The molecule has 0 atom stereocenters. The Bertz CT molecular complexity index is 530. The zero-order valence-corrected chi connectivity index (χ0v) is 10.0. The molecule has 1 heterocycles. The fourth-order valence-electron chi connectivity index (χ4n) is 2.27. The third kappa shape index (κ3) is 2.42. The molecule has 19 heavy (non-hydrogen) atoms. The molecule has 3 N–H and O–H groups in total. The van der Waals surface area contributed by atoms with Crippen molar-refractivity contribution >= 4 is 17.6 Å². The van der Waals surface area contributed by atoms with Gasteiger partial charge in [-0.25, -0.2) is 4.79 Å². The van der Waals surface area contributed by atoms with E-state index in [0.29, 0.717) is 12.8 Å². The average Bonchev–Trinajstić information content (AvgIpc) is 2.97. The molecule has 0 aromatic carbocycles. The van der Waals surface area contributed by atoms with E-state index in [1.807, 2.05) is 0 Å². The number of aliphatic carboxylic acids is 1. The largest absolute Gasteiger partial charge is 0.480 e. The summed E-state index contributed by atoms with van der Waals surface area (Å²) < 4.78 is 0. The highest BCUT2D eigenvalue weighted by atomic mass is 16.6. The van der Waals surface area contributed by atoms with Gasteiger partial charge < -0.3 is 15.4 Å². The molecule has 0 bridgehead atoms. The Balaban J connectivity index is 2.15. The number of carboxylic acids is 1. The van der Waals surface area contributed by atoms with E-state index in [1.165, 1.54) is 0 Å². The summed E-state index contributed by atoms with van der Waals surface area (Å²) in [7, 11) is 0. The lowest BCUT2D eigenvalue weighted by molar-refractivity contribution is -0.384. The van der Waals surface area contributed by atoms with Crippen molar-refractivity contribution in [2.75, 3.05) is 0 Å². The zero-order valence-electron chi connectivity index (χ0n) is 10.0. The van der Waals surface area contributed by atoms with E-state index in [1.54, 1.807) is 0 Å². The number of carbonyl (C=O) groups is 2. The van der Waals surface area contributed by atoms with Gasteiger partial charge in [0.05, 0.1) is 11.1 Å². The third-order valence-corrected chi connectivity index (χ3v) is 3.34. The smallest absolute Gasteiger partial charge is 0.329 e. The van der Waals surface area contributed by atoms with Gasteiger partial charge in [0.15, 0.2) is 0 Å². The SMILES string of the molecule is O=C(NC1(C(=O)O)CCCC1)c1cc([N+](=O)[O-])c[nH]1. The van der Waals surface area contributed by atoms with Crippen LogP contribution < -0.4 is 5.32 Å². The van der Waals surface area contributed by atoms with E-state index < -0.39 is 22.3 Å². The van der Waals surface area contributed by atoms with Crippen molar-refractivity contribution < 1.29 is 19.6 Å². The van der Waals surface area contributed by atoms with Gasteiger partial charge in [-0.15, -0.1) is 0 Å². The Kier molecular flexibility index (Phi) is 3.24. The Labute approximate surface area is 108 Å². The van der Waals surface area contributed by atoms with Crippen LogP contribution in [0.4, 0.5) is 5.69 Å². The number of nitrogens with zero attached hydrogens (tertiary/aromatic N) is 1. The summed E-state index contributed by atoms with van der Waals surface area (Å²) in [5, 5.41) is 22.2. The van der Waals surface area contributed by atoms with Crippen LogP contribution in [0.5, 0.6) is 0 Å². The van der Waals surface area contributed by atoms with Crippen molar-refractivity contribution in [1.29, 1.82) is 0 Å². The minimum atomic E-state index is -1.25. The first-order chi connectivity index (χ1) is 8.94. The summed E-state index contributed by atoms with van der Waals surface area (Å²) in [5.74, 6) is -1.71. The number of nitro groups is 1. The lowest BCUT2D eigenvalue weighted by Gasteiger charge is -2.24. The van der Waals surface area contributed by atoms with E-state index in [-0.39, 0.29) is 11.4 Å². The van der Waals surface area contributed by atoms with Gasteiger partial charge >= 0.3 is 5.97 Å². The molecule has 1 fully saturated rings. The molecule has 1 aliphatic rings. The van der Waals surface area contributed by atoms with Gasteiger partial charge in [0.2, 0.25) is 0 Å². The predicted molar refractivity (Wildman–Crippen MR) is 63.7 cm³/mol. The molecule has 0 aliphatic heterocycles. The van der Waals surface area contributed by atoms with Gasteiger partial charge in [-0.1, -0.05) is 12.8 Å². The van der Waals surface area contributed by atoms with Crippen LogP contribution in [0.15, 0.2) is 12.3 Å². The van der Waals surface area contributed by atoms with Crippen LogP contribution in [-0.2, 0) is 4.79 Å². The predicted octanol–water partition coefficient (Wildman–Crippen LogP) is 1.05. The third-order valence-electron chi connectivity index (χ3n) is 3.34. The maximum absolute atomic E-state index is 11.9. The second-order valence-electron chi connectivity index (χ2n) is 4.58. The molecular formula is C11H13N3O5. The number of hydrogen-bond donors (Lipinski definition) is 3. The normalized spacial score (nSPS) is 17.1. The van der Waals surface area contributed by atoms with Crippen LogP contribution in [0.2, 0.25) is 0 Å². The maximum atomic E-state index is 11.9. The molecule has 1 aromatic rings. The monoisotopic (exact) mass is 267 g/mol. The van der Waals surface area contributed by atoms with Crippen molar-refractivity contribution in [2.24, 2.45) is 0 Å². The highest BCUT2D eigenvalue weighted by molar-refractivity contribution is 5.97. The van der Waals surface area contributed by atoms with Crippen molar-refractivity contribution in [3.63, 3.8) is 0 Å². The van der Waals surface area contributed by atoms with E-state index in [2.05, 4.69) is 10.3 Å². The topological polar surface area (TPSA) is 125 Å². The van der Waals surface area contributed by atoms with E-state index in [0.717, 1.165) is 25.1 Å². The quantitative estimate of drug-likeness (QED) is 0.555. The summed E-state index contributed by atoms with van der Waals surface area (Å²) in [6.07, 6.45) is 3.31. The number of rotatable bonds is 4. The highest BCUT2D eigenvalue weighted by Gasteiger charge is 2.43. The first-order valence-electron chi connectivity index (χ1n) is 5.83. The van der Waals surface area contributed by atoms with Gasteiger partial charge in [-0.3, -0.25) is 14.9 Å². The van der Waals surface area contributed by atoms with Crippen LogP contribution in [0.1, 0.15) is 36.2 Å². The van der Waals surface area contributed by atoms with E-state index in [9.17, 15) is 24.8 Å². The summed E-state index contributed by atoms with van der Waals surface area (Å²) in [6.45, 7) is 0. The molecule has 0 unspecified atom stereocenters. The molecule has 2 rings (SSSR count). The van der Waals surface area contributed by atoms with Gasteiger partial charge in [-0.2, -0.15) is 0 Å². The Hall–Kier alpha value is -2.38. The number of carbonyl (C=O) groups excluding carboxylic acids is 1. The maximum Gasteiger partial charge on any atom is 0.329 e. The molecule has 8 nitrogen and oxygen atoms in total. The number of H-pyrrole nitrogens is 1. The number of hydrogen-bond acceptors (Lipinski definition) is 4. The molecule has 102 valence electrons. The molecule has 8 heteroatoms. The zero-order chi connectivity index (χ0) is 14.0. The number of aromatic amines is 1. The second kappa shape index (κ2) is 4.71. The Morgan fingerprint density at radius 2 is 2.05 bits per heavy atom. The van der Waals surface area contributed by atoms with Gasteiger partial charge in [0.25, 0.3) is 11.6 Å². The van der Waals surface area contributed by atoms with E-state index in [4.69, 9.17) is 0 Å². The van der Waals surface area contributed by atoms with Crippen molar-refractivity contribution in [3.8, 4) is 0 Å². The lowest BCUT2D eigenvalue weighted by Crippen LogP contribution is -2.52. The molecule has 1 saturated carbocycles. The standard InChI is InChI=1S/C11H13N3O5/c15-9(8-5-7(6-12-8)14(18)19)13-11(10(16)17)3-1-2-4-11/h5-6,12H,1-4H2,(H,13,15)(H,16,17). The Morgan fingerprint density at radius 1 is 1.42 bits per heavy atom. The van der Waals surface area contributed by atoms with Crippen LogP contribution in [0.25, 0.3) is 0 Å². The van der Waals surface area contributed by atoms with Gasteiger partial charge in [-0.05, 0) is 12.8 Å². The lowest BCUT2D eigenvalue weighted by atomic mass is 9.97. The van der Waals surface area contributed by atoms with E-state index >= 15 is 0 Å². The van der Waals surface area contributed by atoms with Crippen LogP contribution in [0, 0.1) is 10.1 Å². The molecule has 0 radical (unpaired) electrons. The molecular weight excluding hydrogens is 254 g/mol. The van der Waals surface area contributed by atoms with Gasteiger partial charge in [0, 0.05) is 6.07 Å². The number of carboxylic acid groups (broad SMARTS) is 1. The van der Waals surface area contributed by atoms with Crippen molar-refractivity contribution in [3.05, 3.63) is 28.1 Å². The second-order valence-corrected chi connectivity index (χ2v) is 4.58. The molecule has 1 aliphatic carbocycles. The van der Waals surface area contributed by atoms with Crippen molar-refractivity contribution in [1.82, 2.24) is 10.3 Å². The summed E-state index contributed by atoms with van der Waals surface area (Å²) >= 11 is 0. The highest BCUT2D eigenvalue weighted by Crippen LogP contribution is 2.30. The molecule has 0 saturated heterocycles. The van der Waals surface area contributed by atoms with Gasteiger partial charge in [0.1, 0.15) is 11.2 Å². The molecule has 1 amide bonds. The summed E-state index contributed by atoms with van der Waals surface area (Å²) in [5.41, 5.74) is -1.50. The molecule has 0 spiro atoms. The minimum absolute atomic E-state index is 0.0146. The number of aromatic nitrogens is 1. The fourth-order valence-corrected chi connectivity index (χ4v) is 2.27. The van der Waals surface area contributed by atoms with Crippen LogP contribution in [0.3, 0.4) is 0 Å². The summed E-state index contributed by atoms with van der Waals surface area (Å²) in [6, 6.07) is 1.08. The fraction of sp³-hybridized carbons (Fsp3) is 0.455. The average molecular weight is 267 g/mol.